The predicted molar refractivity (Wildman–Crippen MR) is 105 cm³/mol. The van der Waals surface area contributed by atoms with Gasteiger partial charge < -0.3 is 10.6 Å². The molecule has 4 rings (SSSR count). The normalized spacial score (nSPS) is 16.1. The highest BCUT2D eigenvalue weighted by Crippen LogP contribution is 2.36. The lowest BCUT2D eigenvalue weighted by molar-refractivity contribution is 0.0939. The van der Waals surface area contributed by atoms with Crippen molar-refractivity contribution in [1.29, 1.82) is 0 Å². The molecule has 25 heavy (non-hydrogen) atoms. The van der Waals surface area contributed by atoms with Gasteiger partial charge in [0.05, 0.1) is 0 Å². The zero-order valence-corrected chi connectivity index (χ0v) is 15.8. The Morgan fingerprint density at radius 2 is 1.84 bits per heavy atom. The van der Waals surface area contributed by atoms with Gasteiger partial charge in [0.25, 0.3) is 5.91 Å². The largest absolute Gasteiger partial charge is 0.346 e. The first kappa shape index (κ1) is 16.6. The fraction of sp³-hybridized carbons (Fsp3) is 0.0588. The fourth-order valence-electron chi connectivity index (χ4n) is 2.73. The Bertz CT molecular complexity index is 1030. The van der Waals surface area contributed by atoms with Gasteiger partial charge in [0.2, 0.25) is 0 Å². The van der Waals surface area contributed by atoms with E-state index < -0.39 is 6.17 Å². The van der Waals surface area contributed by atoms with E-state index in [-0.39, 0.29) is 5.91 Å². The van der Waals surface area contributed by atoms with Crippen molar-refractivity contribution >= 4 is 58.5 Å². The minimum absolute atomic E-state index is 0.185. The van der Waals surface area contributed by atoms with Crippen molar-refractivity contribution in [3.8, 4) is 5.69 Å². The van der Waals surface area contributed by atoms with Crippen molar-refractivity contribution in [2.75, 3.05) is 5.32 Å². The molecule has 1 atom stereocenters. The molecule has 0 unspecified atom stereocenters. The topological polar surface area (TPSA) is 46.1 Å². The van der Waals surface area contributed by atoms with Gasteiger partial charge in [0, 0.05) is 21.3 Å². The Morgan fingerprint density at radius 1 is 1.08 bits per heavy atom. The van der Waals surface area contributed by atoms with Crippen molar-refractivity contribution in [2.24, 2.45) is 0 Å². The summed E-state index contributed by atoms with van der Waals surface area (Å²) in [5, 5.41) is 7.27. The molecule has 0 saturated heterocycles. The standard InChI is InChI=1S/C17H11Cl2N3OS2/c18-9-6-7-11(12(19)8-9)14-20-15-13(16(23)21-14)25-17(24)22(15)10-4-2-1-3-5-10/h1-8,14,20H,(H,21,23)/t14-/m0/s1. The summed E-state index contributed by atoms with van der Waals surface area (Å²) in [6.07, 6.45) is -0.469. The highest BCUT2D eigenvalue weighted by Gasteiger charge is 2.30. The lowest BCUT2D eigenvalue weighted by atomic mass is 10.1. The van der Waals surface area contributed by atoms with Crippen LogP contribution in [0.4, 0.5) is 5.82 Å². The van der Waals surface area contributed by atoms with E-state index in [1.807, 2.05) is 34.9 Å². The third kappa shape index (κ3) is 2.95. The van der Waals surface area contributed by atoms with Crippen LogP contribution in [0.2, 0.25) is 10.0 Å². The molecule has 1 amide bonds. The molecule has 2 heterocycles. The quantitative estimate of drug-likeness (QED) is 0.556. The third-order valence-corrected chi connectivity index (χ3v) is 5.80. The Morgan fingerprint density at radius 3 is 2.56 bits per heavy atom. The van der Waals surface area contributed by atoms with Crippen LogP contribution in [0, 0.1) is 3.95 Å². The highest BCUT2D eigenvalue weighted by atomic mass is 35.5. The highest BCUT2D eigenvalue weighted by molar-refractivity contribution is 7.73. The van der Waals surface area contributed by atoms with E-state index in [1.165, 1.54) is 11.3 Å². The van der Waals surface area contributed by atoms with Crippen molar-refractivity contribution in [1.82, 2.24) is 9.88 Å². The monoisotopic (exact) mass is 407 g/mol. The van der Waals surface area contributed by atoms with Crippen molar-refractivity contribution in [2.45, 2.75) is 6.17 Å². The first-order valence-corrected chi connectivity index (χ1v) is 9.36. The van der Waals surface area contributed by atoms with E-state index in [4.69, 9.17) is 35.4 Å². The Labute approximate surface area is 163 Å². The Hall–Kier alpha value is -1.86. The molecule has 0 aliphatic carbocycles. The van der Waals surface area contributed by atoms with Gasteiger partial charge in [0.15, 0.2) is 3.95 Å². The van der Waals surface area contributed by atoms with Crippen LogP contribution in [-0.2, 0) is 0 Å². The number of nitrogens with one attached hydrogen (secondary N) is 2. The summed E-state index contributed by atoms with van der Waals surface area (Å²) in [5.74, 6) is 0.483. The van der Waals surface area contributed by atoms with E-state index in [0.29, 0.717) is 24.7 Å². The second kappa shape index (κ2) is 6.46. The molecule has 1 aromatic heterocycles. The minimum atomic E-state index is -0.469. The summed E-state index contributed by atoms with van der Waals surface area (Å²) in [6, 6.07) is 14.9. The molecule has 0 spiro atoms. The maximum atomic E-state index is 12.6. The van der Waals surface area contributed by atoms with Gasteiger partial charge in [0.1, 0.15) is 16.9 Å². The molecule has 1 aliphatic rings. The lowest BCUT2D eigenvalue weighted by Crippen LogP contribution is -2.38. The summed E-state index contributed by atoms with van der Waals surface area (Å²) >= 11 is 19.0. The van der Waals surface area contributed by atoms with Crippen LogP contribution in [0.1, 0.15) is 21.4 Å². The zero-order chi connectivity index (χ0) is 17.6. The molecule has 0 fully saturated rings. The SMILES string of the molecule is O=C1N[C@@H](c2ccc(Cl)cc2Cl)Nc2c1sc(=S)n2-c1ccccc1. The number of halogens is 2. The molecule has 0 bridgehead atoms. The van der Waals surface area contributed by atoms with Crippen LogP contribution in [0.25, 0.3) is 5.69 Å². The maximum Gasteiger partial charge on any atom is 0.267 e. The van der Waals surface area contributed by atoms with Gasteiger partial charge in [-0.15, -0.1) is 0 Å². The molecule has 2 N–H and O–H groups in total. The van der Waals surface area contributed by atoms with Crippen LogP contribution in [0.5, 0.6) is 0 Å². The number of para-hydroxylation sites is 1. The van der Waals surface area contributed by atoms with E-state index in [9.17, 15) is 4.79 Å². The summed E-state index contributed by atoms with van der Waals surface area (Å²) in [7, 11) is 0. The lowest BCUT2D eigenvalue weighted by Gasteiger charge is -2.27. The second-order valence-electron chi connectivity index (χ2n) is 5.43. The van der Waals surface area contributed by atoms with Crippen LogP contribution >= 0.6 is 46.8 Å². The van der Waals surface area contributed by atoms with Crippen LogP contribution in [0.15, 0.2) is 48.5 Å². The second-order valence-corrected chi connectivity index (χ2v) is 7.92. The van der Waals surface area contributed by atoms with Crippen LogP contribution in [0.3, 0.4) is 0 Å². The van der Waals surface area contributed by atoms with Gasteiger partial charge in [-0.1, -0.05) is 58.8 Å². The number of carbonyl (C=O) groups is 1. The molecule has 0 saturated carbocycles. The van der Waals surface area contributed by atoms with Gasteiger partial charge in [-0.25, -0.2) is 0 Å². The molecule has 8 heteroatoms. The number of carbonyl (C=O) groups excluding carboxylic acids is 1. The molecular weight excluding hydrogens is 397 g/mol. The molecule has 4 nitrogen and oxygen atoms in total. The smallest absolute Gasteiger partial charge is 0.267 e. The number of thiazole rings is 1. The first-order chi connectivity index (χ1) is 12.0. The molecule has 0 radical (unpaired) electrons. The van der Waals surface area contributed by atoms with E-state index in [1.54, 1.807) is 18.2 Å². The van der Waals surface area contributed by atoms with Crippen molar-refractivity contribution < 1.29 is 4.79 Å². The van der Waals surface area contributed by atoms with E-state index in [2.05, 4.69) is 10.6 Å². The number of fused-ring (bicyclic) bond motifs is 1. The van der Waals surface area contributed by atoms with Crippen LogP contribution in [-0.4, -0.2) is 10.5 Å². The summed E-state index contributed by atoms with van der Waals surface area (Å²) < 4.78 is 2.46. The van der Waals surface area contributed by atoms with E-state index >= 15 is 0 Å². The predicted octanol–water partition coefficient (Wildman–Crippen LogP) is 5.43. The molecule has 3 aromatic rings. The van der Waals surface area contributed by atoms with Crippen molar-refractivity contribution in [3.63, 3.8) is 0 Å². The average Bonchev–Trinajstić information content (AvgIpc) is 2.92. The zero-order valence-electron chi connectivity index (χ0n) is 12.6. The Balaban J connectivity index is 1.82. The summed E-state index contributed by atoms with van der Waals surface area (Å²) in [4.78, 5) is 13.1. The fourth-order valence-corrected chi connectivity index (χ4v) is 4.56. The van der Waals surface area contributed by atoms with Crippen LogP contribution < -0.4 is 10.6 Å². The number of hydrogen-bond donors (Lipinski definition) is 2. The first-order valence-electron chi connectivity index (χ1n) is 7.38. The average molecular weight is 408 g/mol. The van der Waals surface area contributed by atoms with Gasteiger partial charge in [-0.3, -0.25) is 9.36 Å². The summed E-state index contributed by atoms with van der Waals surface area (Å²) in [6.45, 7) is 0. The number of benzene rings is 2. The number of anilines is 1. The van der Waals surface area contributed by atoms with Gasteiger partial charge >= 0.3 is 0 Å². The molecule has 1 aliphatic heterocycles. The van der Waals surface area contributed by atoms with Gasteiger partial charge in [-0.2, -0.15) is 0 Å². The number of aromatic nitrogens is 1. The summed E-state index contributed by atoms with van der Waals surface area (Å²) in [5.41, 5.74) is 1.63. The van der Waals surface area contributed by atoms with Crippen molar-refractivity contribution in [3.05, 3.63) is 73.0 Å². The molecule has 126 valence electrons. The number of amides is 1. The molecule has 2 aromatic carbocycles. The number of rotatable bonds is 2. The van der Waals surface area contributed by atoms with Gasteiger partial charge in [-0.05, 0) is 36.5 Å². The minimum Gasteiger partial charge on any atom is -0.346 e. The maximum absolute atomic E-state index is 12.6. The number of nitrogens with zero attached hydrogens (tertiary/aromatic N) is 1. The van der Waals surface area contributed by atoms with E-state index in [0.717, 1.165) is 11.3 Å². The Kier molecular flexibility index (Phi) is 4.29. The molecular formula is C17H11Cl2N3OS2. The third-order valence-electron chi connectivity index (χ3n) is 3.86. The number of hydrogen-bond acceptors (Lipinski definition) is 4.